The van der Waals surface area contributed by atoms with Crippen LogP contribution in [0.1, 0.15) is 80.0 Å². The standard InChI is InChI=1S/C42H41NO4S/c1-4-31(33-12-6-5-7-13-33)27-37(34-18-22-38(44)23-19-34)26-29(2)32-20-24-39(25-21-32)48(45,46)47-43-30(3)42-40-16-10-8-14-35(40)28-36-15-9-11-17-41(36)42/h5-25,28-29,31,37,44H,4,26-27H2,1-3H3/b43-30+. The number of rotatable bonds is 12. The van der Waals surface area contributed by atoms with Gasteiger partial charge in [-0.15, -0.1) is 0 Å². The van der Waals surface area contributed by atoms with Gasteiger partial charge in [0.05, 0.1) is 5.71 Å². The number of hydrogen-bond donors (Lipinski definition) is 1. The van der Waals surface area contributed by atoms with Crippen molar-refractivity contribution in [1.29, 1.82) is 0 Å². The molecule has 3 unspecified atom stereocenters. The van der Waals surface area contributed by atoms with E-state index in [0.717, 1.165) is 51.9 Å². The van der Waals surface area contributed by atoms with E-state index in [0.29, 0.717) is 11.6 Å². The molecule has 1 N–H and O–H groups in total. The Morgan fingerprint density at radius 3 is 1.83 bits per heavy atom. The predicted molar refractivity (Wildman–Crippen MR) is 196 cm³/mol. The van der Waals surface area contributed by atoms with Crippen molar-refractivity contribution >= 4 is 37.4 Å². The number of fused-ring (bicyclic) bond motifs is 2. The van der Waals surface area contributed by atoms with Gasteiger partial charge in [-0.1, -0.05) is 122 Å². The average molecular weight is 656 g/mol. The maximum Gasteiger partial charge on any atom is 0.358 e. The normalized spacial score (nSPS) is 14.1. The van der Waals surface area contributed by atoms with Gasteiger partial charge in [0.25, 0.3) is 0 Å². The Balaban J connectivity index is 1.21. The molecule has 48 heavy (non-hydrogen) atoms. The predicted octanol–water partition coefficient (Wildman–Crippen LogP) is 10.7. The molecule has 244 valence electrons. The molecule has 0 aliphatic heterocycles. The third-order valence-electron chi connectivity index (χ3n) is 9.48. The van der Waals surface area contributed by atoms with Crippen LogP contribution in [0.5, 0.6) is 5.75 Å². The van der Waals surface area contributed by atoms with Gasteiger partial charge in [0, 0.05) is 5.56 Å². The molecule has 5 nitrogen and oxygen atoms in total. The van der Waals surface area contributed by atoms with E-state index in [9.17, 15) is 13.5 Å². The number of phenols is 1. The lowest BCUT2D eigenvalue weighted by Crippen LogP contribution is -2.10. The van der Waals surface area contributed by atoms with E-state index >= 15 is 0 Å². The van der Waals surface area contributed by atoms with E-state index in [1.807, 2.05) is 78.9 Å². The van der Waals surface area contributed by atoms with E-state index in [1.54, 1.807) is 31.2 Å². The monoisotopic (exact) mass is 655 g/mol. The van der Waals surface area contributed by atoms with Crippen LogP contribution in [0.3, 0.4) is 0 Å². The smallest absolute Gasteiger partial charge is 0.358 e. The first-order valence-corrected chi connectivity index (χ1v) is 18.0. The second-order valence-electron chi connectivity index (χ2n) is 12.6. The van der Waals surface area contributed by atoms with Gasteiger partial charge in [0.1, 0.15) is 10.6 Å². The second-order valence-corrected chi connectivity index (χ2v) is 14.2. The first-order chi connectivity index (χ1) is 23.2. The molecule has 0 heterocycles. The zero-order valence-corrected chi connectivity index (χ0v) is 28.4. The van der Waals surface area contributed by atoms with Crippen LogP contribution in [0, 0.1) is 0 Å². The first kappa shape index (κ1) is 33.0. The lowest BCUT2D eigenvalue weighted by molar-refractivity contribution is 0.339. The first-order valence-electron chi connectivity index (χ1n) is 16.6. The minimum atomic E-state index is -4.14. The Bertz CT molecular complexity index is 2090. The van der Waals surface area contributed by atoms with Crippen LogP contribution in [0.4, 0.5) is 0 Å². The van der Waals surface area contributed by atoms with Gasteiger partial charge in [-0.05, 0) is 113 Å². The van der Waals surface area contributed by atoms with Gasteiger partial charge in [-0.3, -0.25) is 4.28 Å². The number of nitrogens with zero attached hydrogens (tertiary/aromatic N) is 1. The Hall–Kier alpha value is -4.94. The maximum atomic E-state index is 13.3. The Kier molecular flexibility index (Phi) is 9.93. The topological polar surface area (TPSA) is 76.0 Å². The maximum absolute atomic E-state index is 13.3. The van der Waals surface area contributed by atoms with E-state index < -0.39 is 10.1 Å². The van der Waals surface area contributed by atoms with E-state index in [2.05, 4.69) is 49.3 Å². The van der Waals surface area contributed by atoms with Crippen molar-refractivity contribution in [2.24, 2.45) is 5.16 Å². The molecule has 0 aliphatic carbocycles. The van der Waals surface area contributed by atoms with Crippen molar-refractivity contribution in [2.75, 3.05) is 0 Å². The highest BCUT2D eigenvalue weighted by Gasteiger charge is 2.23. The van der Waals surface area contributed by atoms with Crippen molar-refractivity contribution in [3.63, 3.8) is 0 Å². The molecule has 0 radical (unpaired) electrons. The Labute approximate surface area is 283 Å². The van der Waals surface area contributed by atoms with Crippen LogP contribution < -0.4 is 0 Å². The molecule has 6 aromatic carbocycles. The minimum absolute atomic E-state index is 0.0583. The van der Waals surface area contributed by atoms with Crippen molar-refractivity contribution in [1.82, 2.24) is 0 Å². The van der Waals surface area contributed by atoms with Gasteiger partial charge in [-0.2, -0.15) is 8.42 Å². The van der Waals surface area contributed by atoms with Crippen molar-refractivity contribution < 1.29 is 17.8 Å². The number of phenolic OH excluding ortho intramolecular Hbond substituents is 1. The quantitative estimate of drug-likeness (QED) is 0.0809. The summed E-state index contributed by atoms with van der Waals surface area (Å²) in [5.41, 5.74) is 4.90. The van der Waals surface area contributed by atoms with Gasteiger partial charge in [0.15, 0.2) is 0 Å². The molecule has 6 heteroatoms. The molecular weight excluding hydrogens is 615 g/mol. The zero-order chi connectivity index (χ0) is 33.7. The van der Waals surface area contributed by atoms with Crippen LogP contribution >= 0.6 is 0 Å². The molecule has 6 rings (SSSR count). The largest absolute Gasteiger partial charge is 0.508 e. The molecule has 0 saturated heterocycles. The van der Waals surface area contributed by atoms with Gasteiger partial charge >= 0.3 is 10.1 Å². The van der Waals surface area contributed by atoms with E-state index in [1.165, 1.54) is 11.1 Å². The number of aromatic hydroxyl groups is 1. The molecule has 0 fully saturated rings. The molecule has 0 aromatic heterocycles. The molecule has 0 saturated carbocycles. The van der Waals surface area contributed by atoms with Crippen LogP contribution in [0.15, 0.2) is 144 Å². The molecule has 0 aliphatic rings. The van der Waals surface area contributed by atoms with Crippen LogP contribution in [-0.4, -0.2) is 19.2 Å². The fraction of sp³-hybridized carbons (Fsp3) is 0.214. The summed E-state index contributed by atoms with van der Waals surface area (Å²) in [5, 5.41) is 18.2. The van der Waals surface area contributed by atoms with Crippen LogP contribution in [0.2, 0.25) is 0 Å². The third-order valence-corrected chi connectivity index (χ3v) is 10.6. The van der Waals surface area contributed by atoms with Crippen molar-refractivity contribution in [3.05, 3.63) is 156 Å². The lowest BCUT2D eigenvalue weighted by atomic mass is 9.78. The number of oxime groups is 1. The van der Waals surface area contributed by atoms with Crippen LogP contribution in [-0.2, 0) is 14.4 Å². The zero-order valence-electron chi connectivity index (χ0n) is 27.6. The second kappa shape index (κ2) is 14.4. The average Bonchev–Trinajstić information content (AvgIpc) is 3.12. The third kappa shape index (κ3) is 7.29. The van der Waals surface area contributed by atoms with E-state index in [4.69, 9.17) is 4.28 Å². The highest BCUT2D eigenvalue weighted by Crippen LogP contribution is 2.39. The summed E-state index contributed by atoms with van der Waals surface area (Å²) in [6.45, 7) is 6.19. The van der Waals surface area contributed by atoms with Crippen LogP contribution in [0.25, 0.3) is 21.5 Å². The summed E-state index contributed by atoms with van der Waals surface area (Å²) >= 11 is 0. The molecular formula is C42H41NO4S. The molecule has 6 aromatic rings. The summed E-state index contributed by atoms with van der Waals surface area (Å²) in [6, 6.07) is 43.2. The fourth-order valence-corrected chi connectivity index (χ4v) is 7.61. The van der Waals surface area contributed by atoms with Gasteiger partial charge in [-0.25, -0.2) is 0 Å². The van der Waals surface area contributed by atoms with E-state index in [-0.39, 0.29) is 22.5 Å². The lowest BCUT2D eigenvalue weighted by Gasteiger charge is -2.26. The Morgan fingerprint density at radius 1 is 0.688 bits per heavy atom. The summed E-state index contributed by atoms with van der Waals surface area (Å²) in [5.74, 6) is 1.07. The van der Waals surface area contributed by atoms with Crippen molar-refractivity contribution in [2.45, 2.75) is 62.7 Å². The summed E-state index contributed by atoms with van der Waals surface area (Å²) in [4.78, 5) is 0.0583. The fourth-order valence-electron chi connectivity index (χ4n) is 6.84. The highest BCUT2D eigenvalue weighted by atomic mass is 32.2. The summed E-state index contributed by atoms with van der Waals surface area (Å²) in [7, 11) is -4.14. The van der Waals surface area contributed by atoms with Gasteiger partial charge in [0.2, 0.25) is 0 Å². The highest BCUT2D eigenvalue weighted by molar-refractivity contribution is 7.86. The van der Waals surface area contributed by atoms with Crippen molar-refractivity contribution in [3.8, 4) is 5.75 Å². The Morgan fingerprint density at radius 2 is 1.23 bits per heavy atom. The summed E-state index contributed by atoms with van der Waals surface area (Å²) < 4.78 is 31.9. The summed E-state index contributed by atoms with van der Waals surface area (Å²) in [6.07, 6.45) is 2.87. The van der Waals surface area contributed by atoms with Gasteiger partial charge < -0.3 is 5.11 Å². The number of hydrogen-bond acceptors (Lipinski definition) is 5. The molecule has 0 amide bonds. The SMILES string of the molecule is CCC(CC(CC(C)c1ccc(S(=O)(=O)O/N=C(\C)c2c3ccccc3cc3ccccc23)cc1)c1ccc(O)cc1)c1ccccc1. The number of benzene rings is 6. The minimum Gasteiger partial charge on any atom is -0.508 e. The molecule has 0 bridgehead atoms. The molecule has 0 spiro atoms. The molecule has 3 atom stereocenters.